The number of nitrogens with one attached hydrogen (secondary N) is 2. The van der Waals surface area contributed by atoms with E-state index in [9.17, 15) is 14.4 Å². The highest BCUT2D eigenvalue weighted by atomic mass is 16.2. The molecule has 2 rings (SSSR count). The third-order valence-electron chi connectivity index (χ3n) is 4.60. The van der Waals surface area contributed by atoms with Gasteiger partial charge in [0, 0.05) is 13.0 Å². The van der Waals surface area contributed by atoms with Crippen LogP contribution in [0.3, 0.4) is 0 Å². The third-order valence-corrected chi connectivity index (χ3v) is 4.60. The number of nitrogens with zero attached hydrogens (tertiary/aromatic N) is 1. The zero-order valence-corrected chi connectivity index (χ0v) is 12.6. The minimum absolute atomic E-state index is 0.0539. The number of rotatable bonds is 2. The topological polar surface area (TPSA) is 78.5 Å². The lowest BCUT2D eigenvalue weighted by molar-refractivity contribution is -0.132. The smallest absolute Gasteiger partial charge is 0.322 e. The average Bonchev–Trinajstić information content (AvgIpc) is 2.83. The van der Waals surface area contributed by atoms with Crippen LogP contribution >= 0.6 is 0 Å². The fourth-order valence-electron chi connectivity index (χ4n) is 2.54. The Morgan fingerprint density at radius 2 is 2.05 bits per heavy atom. The highest BCUT2D eigenvalue weighted by Crippen LogP contribution is 2.30. The summed E-state index contributed by atoms with van der Waals surface area (Å²) in [6.45, 7) is 9.20. The van der Waals surface area contributed by atoms with E-state index in [1.54, 1.807) is 4.90 Å². The number of hydrogen-bond acceptors (Lipinski definition) is 3. The highest BCUT2D eigenvalue weighted by Gasteiger charge is 2.51. The second kappa shape index (κ2) is 4.75. The predicted octanol–water partition coefficient (Wildman–Crippen LogP) is 0.869. The Morgan fingerprint density at radius 3 is 2.55 bits per heavy atom. The Balaban J connectivity index is 1.98. The van der Waals surface area contributed by atoms with Crippen molar-refractivity contribution in [2.75, 3.05) is 13.1 Å². The van der Waals surface area contributed by atoms with E-state index < -0.39 is 11.6 Å². The molecule has 6 nitrogen and oxygen atoms in total. The Hall–Kier alpha value is -1.59. The second-order valence-electron chi connectivity index (χ2n) is 7.03. The van der Waals surface area contributed by atoms with Gasteiger partial charge < -0.3 is 10.2 Å². The summed E-state index contributed by atoms with van der Waals surface area (Å²) in [5, 5.41) is 4.90. The highest BCUT2D eigenvalue weighted by molar-refractivity contribution is 6.07. The van der Waals surface area contributed by atoms with Crippen molar-refractivity contribution in [1.82, 2.24) is 15.5 Å². The van der Waals surface area contributed by atoms with Crippen LogP contribution in [0.15, 0.2) is 0 Å². The van der Waals surface area contributed by atoms with Gasteiger partial charge in [0.2, 0.25) is 5.91 Å². The molecule has 112 valence electrons. The minimum Gasteiger partial charge on any atom is -0.340 e. The standard InChI is InChI=1S/C14H23N3O3/c1-9(13(2,3)4)7-10(18)17-6-5-14(8-17)11(19)15-12(20)16-14/h9H,5-8H2,1-4H3,(H2,15,16,19,20)/t9-,14-/m0/s1. The van der Waals surface area contributed by atoms with Crippen molar-refractivity contribution < 1.29 is 14.4 Å². The molecule has 2 aliphatic heterocycles. The maximum absolute atomic E-state index is 12.3. The van der Waals surface area contributed by atoms with Gasteiger partial charge in [0.25, 0.3) is 5.91 Å². The molecule has 0 unspecified atom stereocenters. The summed E-state index contributed by atoms with van der Waals surface area (Å²) in [4.78, 5) is 37.1. The molecule has 2 atom stereocenters. The van der Waals surface area contributed by atoms with E-state index in [0.717, 1.165) is 0 Å². The van der Waals surface area contributed by atoms with Crippen LogP contribution in [0.25, 0.3) is 0 Å². The van der Waals surface area contributed by atoms with Crippen LogP contribution in [0.4, 0.5) is 4.79 Å². The van der Waals surface area contributed by atoms with Gasteiger partial charge in [-0.05, 0) is 17.8 Å². The number of carbonyl (C=O) groups is 3. The van der Waals surface area contributed by atoms with E-state index in [-0.39, 0.29) is 29.7 Å². The van der Waals surface area contributed by atoms with Gasteiger partial charge in [0.15, 0.2) is 0 Å². The van der Waals surface area contributed by atoms with Crippen LogP contribution in [0.5, 0.6) is 0 Å². The molecule has 2 aliphatic rings. The van der Waals surface area contributed by atoms with Crippen molar-refractivity contribution in [1.29, 1.82) is 0 Å². The lowest BCUT2D eigenvalue weighted by Crippen LogP contribution is -2.49. The van der Waals surface area contributed by atoms with Gasteiger partial charge in [-0.3, -0.25) is 14.9 Å². The van der Waals surface area contributed by atoms with Crippen LogP contribution in [-0.4, -0.2) is 41.4 Å². The quantitative estimate of drug-likeness (QED) is 0.737. The molecule has 6 heteroatoms. The fraction of sp³-hybridized carbons (Fsp3) is 0.786. The van der Waals surface area contributed by atoms with Crippen molar-refractivity contribution in [3.05, 3.63) is 0 Å². The summed E-state index contributed by atoms with van der Waals surface area (Å²) in [6.07, 6.45) is 0.954. The Kier molecular flexibility index (Phi) is 3.52. The summed E-state index contributed by atoms with van der Waals surface area (Å²) in [5.41, 5.74) is -0.830. The van der Waals surface area contributed by atoms with E-state index >= 15 is 0 Å². The van der Waals surface area contributed by atoms with Gasteiger partial charge in [0.1, 0.15) is 5.54 Å². The number of likely N-dealkylation sites (tertiary alicyclic amines) is 1. The number of carbonyl (C=O) groups excluding carboxylic acids is 3. The number of urea groups is 1. The van der Waals surface area contributed by atoms with Crippen LogP contribution in [0.2, 0.25) is 0 Å². The predicted molar refractivity (Wildman–Crippen MR) is 73.8 cm³/mol. The SMILES string of the molecule is C[C@@H](CC(=O)N1CC[C@@]2(C1)NC(=O)NC2=O)C(C)(C)C. The first-order valence-corrected chi connectivity index (χ1v) is 7.05. The molecule has 2 heterocycles. The van der Waals surface area contributed by atoms with E-state index in [1.165, 1.54) is 0 Å². The van der Waals surface area contributed by atoms with Crippen LogP contribution in [0.1, 0.15) is 40.5 Å². The number of hydrogen-bond donors (Lipinski definition) is 2. The third kappa shape index (κ3) is 2.64. The van der Waals surface area contributed by atoms with E-state index in [4.69, 9.17) is 0 Å². The van der Waals surface area contributed by atoms with Crippen molar-refractivity contribution in [2.24, 2.45) is 11.3 Å². The fourth-order valence-corrected chi connectivity index (χ4v) is 2.54. The molecule has 0 radical (unpaired) electrons. The average molecular weight is 281 g/mol. The first-order chi connectivity index (χ1) is 9.14. The number of imide groups is 1. The minimum atomic E-state index is -0.905. The molecule has 2 saturated heterocycles. The normalized spacial score (nSPS) is 27.7. The number of amides is 4. The molecule has 0 aromatic heterocycles. The van der Waals surface area contributed by atoms with Gasteiger partial charge in [-0.2, -0.15) is 0 Å². The van der Waals surface area contributed by atoms with Gasteiger partial charge in [-0.1, -0.05) is 27.7 Å². The van der Waals surface area contributed by atoms with Crippen LogP contribution in [0, 0.1) is 11.3 Å². The summed E-state index contributed by atoms with van der Waals surface area (Å²) in [7, 11) is 0. The van der Waals surface area contributed by atoms with Gasteiger partial charge in [0.05, 0.1) is 6.54 Å². The van der Waals surface area contributed by atoms with Gasteiger partial charge in [-0.25, -0.2) is 4.79 Å². The van der Waals surface area contributed by atoms with Crippen molar-refractivity contribution in [3.8, 4) is 0 Å². The zero-order valence-electron chi connectivity index (χ0n) is 12.6. The molecule has 0 aliphatic carbocycles. The van der Waals surface area contributed by atoms with Gasteiger partial charge in [-0.15, -0.1) is 0 Å². The molecular weight excluding hydrogens is 258 g/mol. The summed E-state index contributed by atoms with van der Waals surface area (Å²) in [6, 6.07) is -0.465. The van der Waals surface area contributed by atoms with Crippen LogP contribution in [-0.2, 0) is 9.59 Å². The summed E-state index contributed by atoms with van der Waals surface area (Å²) >= 11 is 0. The Morgan fingerprint density at radius 1 is 1.40 bits per heavy atom. The molecule has 0 aromatic rings. The molecule has 20 heavy (non-hydrogen) atoms. The summed E-state index contributed by atoms with van der Waals surface area (Å²) < 4.78 is 0. The summed E-state index contributed by atoms with van der Waals surface area (Å²) in [5.74, 6) is -0.00142. The Bertz CT molecular complexity index is 455. The lowest BCUT2D eigenvalue weighted by atomic mass is 9.80. The lowest BCUT2D eigenvalue weighted by Gasteiger charge is -2.29. The Labute approximate surface area is 119 Å². The van der Waals surface area contributed by atoms with E-state index in [1.807, 2.05) is 0 Å². The molecule has 0 saturated carbocycles. The largest absolute Gasteiger partial charge is 0.340 e. The molecule has 4 amide bonds. The van der Waals surface area contributed by atoms with Crippen LogP contribution < -0.4 is 10.6 Å². The molecule has 0 aromatic carbocycles. The first-order valence-electron chi connectivity index (χ1n) is 7.05. The maximum Gasteiger partial charge on any atom is 0.322 e. The van der Waals surface area contributed by atoms with Crippen molar-refractivity contribution in [2.45, 2.75) is 46.1 Å². The molecular formula is C14H23N3O3. The molecule has 0 bridgehead atoms. The van der Waals surface area contributed by atoms with E-state index in [2.05, 4.69) is 38.3 Å². The monoisotopic (exact) mass is 281 g/mol. The van der Waals surface area contributed by atoms with Crippen molar-refractivity contribution >= 4 is 17.8 Å². The molecule has 1 spiro atoms. The molecule has 2 fully saturated rings. The maximum atomic E-state index is 12.3. The second-order valence-corrected chi connectivity index (χ2v) is 7.03. The van der Waals surface area contributed by atoms with Gasteiger partial charge >= 0.3 is 6.03 Å². The van der Waals surface area contributed by atoms with E-state index in [0.29, 0.717) is 19.4 Å². The molecule has 2 N–H and O–H groups in total. The zero-order chi connectivity index (χ0) is 15.1. The van der Waals surface area contributed by atoms with Crippen molar-refractivity contribution in [3.63, 3.8) is 0 Å². The first kappa shape index (κ1) is 14.8.